The van der Waals surface area contributed by atoms with E-state index < -0.39 is 17.8 Å². The number of halogens is 3. The second-order valence-electron chi connectivity index (χ2n) is 7.83. The minimum atomic E-state index is -4.61. The molecule has 0 radical (unpaired) electrons. The van der Waals surface area contributed by atoms with Crippen molar-refractivity contribution in [2.45, 2.75) is 45.2 Å². The molecule has 1 aliphatic rings. The zero-order valence-electron chi connectivity index (χ0n) is 17.6. The van der Waals surface area contributed by atoms with Gasteiger partial charge in [0, 0.05) is 19.0 Å². The summed E-state index contributed by atoms with van der Waals surface area (Å²) in [6, 6.07) is 4.87. The van der Waals surface area contributed by atoms with Crippen molar-refractivity contribution in [1.82, 2.24) is 15.0 Å². The Morgan fingerprint density at radius 3 is 2.78 bits per heavy atom. The summed E-state index contributed by atoms with van der Waals surface area (Å²) in [7, 11) is 0. The third kappa shape index (κ3) is 6.41. The monoisotopic (exact) mass is 447 g/mol. The van der Waals surface area contributed by atoms with E-state index >= 15 is 0 Å². The molecule has 1 aliphatic carbocycles. The highest BCUT2D eigenvalue weighted by Gasteiger charge is 2.33. The van der Waals surface area contributed by atoms with Crippen molar-refractivity contribution < 1.29 is 22.8 Å². The minimum absolute atomic E-state index is 0.0504. The Kier molecular flexibility index (Phi) is 7.66. The standard InChI is InChI=1S/C22H24F3N5O2/c1-15-26-10-8-20(28-15)30(14-31)11-9-16-4-2-5-17(12-16)13-27-21(32)18-6-3-7-19(29-18)22(23,24)25/h3,6-8,10,13-14,16-17H,2,4-5,9,11-12H2,1H3. The smallest absolute Gasteiger partial charge is 0.299 e. The highest BCUT2D eigenvalue weighted by molar-refractivity contribution is 5.97. The van der Waals surface area contributed by atoms with Gasteiger partial charge in [-0.25, -0.2) is 19.9 Å². The number of carbonyl (C=O) groups excluding carboxylic acids is 2. The second-order valence-corrected chi connectivity index (χ2v) is 7.83. The lowest BCUT2D eigenvalue weighted by molar-refractivity contribution is -0.141. The number of aryl methyl sites for hydroxylation is 1. The third-order valence-electron chi connectivity index (χ3n) is 5.45. The van der Waals surface area contributed by atoms with Crippen molar-refractivity contribution in [2.75, 3.05) is 11.4 Å². The van der Waals surface area contributed by atoms with Crippen molar-refractivity contribution in [1.29, 1.82) is 0 Å². The number of pyridine rings is 1. The Balaban J connectivity index is 1.56. The van der Waals surface area contributed by atoms with Gasteiger partial charge in [0.2, 0.25) is 6.41 Å². The number of rotatable bonds is 7. The highest BCUT2D eigenvalue weighted by Crippen LogP contribution is 2.31. The molecule has 1 saturated carbocycles. The van der Waals surface area contributed by atoms with Crippen LogP contribution >= 0.6 is 0 Å². The van der Waals surface area contributed by atoms with Crippen LogP contribution in [-0.2, 0) is 11.0 Å². The van der Waals surface area contributed by atoms with E-state index in [1.165, 1.54) is 12.3 Å². The Hall–Kier alpha value is -3.17. The number of aliphatic imine (C=N–C) groups is 1. The molecule has 0 spiro atoms. The van der Waals surface area contributed by atoms with Gasteiger partial charge in [0.1, 0.15) is 23.0 Å². The summed E-state index contributed by atoms with van der Waals surface area (Å²) in [6.07, 6.45) is 3.65. The lowest BCUT2D eigenvalue weighted by atomic mass is 9.80. The molecule has 0 aliphatic heterocycles. The van der Waals surface area contributed by atoms with Crippen molar-refractivity contribution in [3.63, 3.8) is 0 Å². The van der Waals surface area contributed by atoms with Crippen LogP contribution in [0, 0.1) is 18.8 Å². The zero-order valence-corrected chi connectivity index (χ0v) is 17.6. The summed E-state index contributed by atoms with van der Waals surface area (Å²) in [5.41, 5.74) is -1.44. The molecule has 32 heavy (non-hydrogen) atoms. The number of amides is 2. The molecule has 2 unspecified atom stereocenters. The van der Waals surface area contributed by atoms with E-state index in [9.17, 15) is 22.8 Å². The molecule has 0 aromatic carbocycles. The van der Waals surface area contributed by atoms with Crippen LogP contribution in [0.2, 0.25) is 0 Å². The second kappa shape index (κ2) is 10.4. The van der Waals surface area contributed by atoms with E-state index in [-0.39, 0.29) is 11.6 Å². The molecule has 3 rings (SSSR count). The first-order valence-corrected chi connectivity index (χ1v) is 10.4. The molecule has 1 fully saturated rings. The highest BCUT2D eigenvalue weighted by atomic mass is 19.4. The maximum Gasteiger partial charge on any atom is 0.433 e. The van der Waals surface area contributed by atoms with Crippen LogP contribution < -0.4 is 4.90 Å². The number of carbonyl (C=O) groups is 2. The molecule has 2 atom stereocenters. The number of hydrogen-bond acceptors (Lipinski definition) is 5. The summed E-state index contributed by atoms with van der Waals surface area (Å²) in [5, 5.41) is 0. The average Bonchev–Trinajstić information content (AvgIpc) is 2.78. The molecule has 2 amide bonds. The summed E-state index contributed by atoms with van der Waals surface area (Å²) in [6.45, 7) is 2.27. The van der Waals surface area contributed by atoms with E-state index in [2.05, 4.69) is 19.9 Å². The summed E-state index contributed by atoms with van der Waals surface area (Å²) >= 11 is 0. The first-order chi connectivity index (χ1) is 15.3. The Morgan fingerprint density at radius 2 is 2.06 bits per heavy atom. The van der Waals surface area contributed by atoms with Crippen LogP contribution in [0.4, 0.5) is 19.0 Å². The predicted molar refractivity (Wildman–Crippen MR) is 112 cm³/mol. The Labute approximate surface area is 183 Å². The summed E-state index contributed by atoms with van der Waals surface area (Å²) < 4.78 is 38.4. The maximum absolute atomic E-state index is 12.8. The molecule has 2 aromatic heterocycles. The lowest BCUT2D eigenvalue weighted by Gasteiger charge is -2.28. The number of hydrogen-bond donors (Lipinski definition) is 0. The van der Waals surface area contributed by atoms with Gasteiger partial charge in [0.25, 0.3) is 5.91 Å². The van der Waals surface area contributed by atoms with Crippen molar-refractivity contribution in [3.05, 3.63) is 47.7 Å². The first-order valence-electron chi connectivity index (χ1n) is 10.4. The number of alkyl halides is 3. The largest absolute Gasteiger partial charge is 0.433 e. The van der Waals surface area contributed by atoms with Crippen molar-refractivity contribution in [2.24, 2.45) is 16.8 Å². The van der Waals surface area contributed by atoms with Crippen LogP contribution in [0.15, 0.2) is 35.5 Å². The van der Waals surface area contributed by atoms with Gasteiger partial charge in [-0.3, -0.25) is 14.5 Å². The van der Waals surface area contributed by atoms with Crippen molar-refractivity contribution >= 4 is 24.3 Å². The minimum Gasteiger partial charge on any atom is -0.299 e. The number of aromatic nitrogens is 3. The van der Waals surface area contributed by atoms with Gasteiger partial charge in [-0.2, -0.15) is 13.2 Å². The van der Waals surface area contributed by atoms with E-state index in [0.717, 1.165) is 50.6 Å². The van der Waals surface area contributed by atoms with Gasteiger partial charge in [-0.15, -0.1) is 0 Å². The Bertz CT molecular complexity index is 980. The van der Waals surface area contributed by atoms with E-state index in [1.807, 2.05) is 0 Å². The molecule has 170 valence electrons. The molecule has 10 heteroatoms. The van der Waals surface area contributed by atoms with Crippen LogP contribution in [0.5, 0.6) is 0 Å². The molecule has 0 saturated heterocycles. The fourth-order valence-electron chi connectivity index (χ4n) is 3.83. The van der Waals surface area contributed by atoms with Crippen molar-refractivity contribution in [3.8, 4) is 0 Å². The maximum atomic E-state index is 12.8. The normalized spacial score (nSPS) is 19.1. The molecular formula is C22H24F3N5O2. The summed E-state index contributed by atoms with van der Waals surface area (Å²) in [4.78, 5) is 40.8. The Morgan fingerprint density at radius 1 is 1.25 bits per heavy atom. The SMILES string of the molecule is Cc1nccc(N(C=O)CCC2CCCC(C=NC(=O)c3cccc(C(F)(F)F)n3)C2)n1. The van der Waals surface area contributed by atoms with E-state index in [4.69, 9.17) is 0 Å². The van der Waals surface area contributed by atoms with Gasteiger partial charge in [-0.1, -0.05) is 18.9 Å². The van der Waals surface area contributed by atoms with Gasteiger partial charge >= 0.3 is 6.18 Å². The van der Waals surface area contributed by atoms with Crippen LogP contribution in [-0.4, -0.2) is 40.0 Å². The molecular weight excluding hydrogens is 423 g/mol. The van der Waals surface area contributed by atoms with E-state index in [1.54, 1.807) is 24.1 Å². The lowest BCUT2D eigenvalue weighted by Crippen LogP contribution is -2.27. The topological polar surface area (TPSA) is 88.4 Å². The molecule has 0 bridgehead atoms. The summed E-state index contributed by atoms with van der Waals surface area (Å²) in [5.74, 6) is 0.746. The van der Waals surface area contributed by atoms with Gasteiger partial charge in [-0.05, 0) is 56.2 Å². The fraction of sp³-hybridized carbons (Fsp3) is 0.455. The predicted octanol–water partition coefficient (Wildman–Crippen LogP) is 4.27. The molecule has 2 aromatic rings. The quantitative estimate of drug-likeness (QED) is 0.467. The van der Waals surface area contributed by atoms with Crippen LogP contribution in [0.3, 0.4) is 0 Å². The van der Waals surface area contributed by atoms with Gasteiger partial charge in [0.05, 0.1) is 0 Å². The molecule has 2 heterocycles. The molecule has 7 nitrogen and oxygen atoms in total. The van der Waals surface area contributed by atoms with Crippen LogP contribution in [0.1, 0.15) is 54.1 Å². The van der Waals surface area contributed by atoms with Crippen LogP contribution in [0.25, 0.3) is 0 Å². The van der Waals surface area contributed by atoms with E-state index in [0.29, 0.717) is 24.1 Å². The number of nitrogens with zero attached hydrogens (tertiary/aromatic N) is 5. The zero-order chi connectivity index (χ0) is 23.1. The molecule has 0 N–H and O–H groups in total. The third-order valence-corrected chi connectivity index (χ3v) is 5.45. The number of anilines is 1. The average molecular weight is 447 g/mol. The van der Waals surface area contributed by atoms with Gasteiger partial charge in [0.15, 0.2) is 0 Å². The first kappa shape index (κ1) is 23.5. The fourth-order valence-corrected chi connectivity index (χ4v) is 3.83. The van der Waals surface area contributed by atoms with Gasteiger partial charge < -0.3 is 0 Å².